The first kappa shape index (κ1) is 9.41. The van der Waals surface area contributed by atoms with Crippen LogP contribution in [-0.2, 0) is 4.79 Å². The molecule has 0 unspecified atom stereocenters. The van der Waals surface area contributed by atoms with E-state index < -0.39 is 11.7 Å². The van der Waals surface area contributed by atoms with Gasteiger partial charge in [0.2, 0.25) is 0 Å². The summed E-state index contributed by atoms with van der Waals surface area (Å²) in [5.41, 5.74) is 2.39. The van der Waals surface area contributed by atoms with Gasteiger partial charge in [-0.1, -0.05) is 18.2 Å². The van der Waals surface area contributed by atoms with Gasteiger partial charge in [-0.2, -0.15) is 0 Å². The summed E-state index contributed by atoms with van der Waals surface area (Å²) in [5.74, 6) is -1.07. The van der Waals surface area contributed by atoms with E-state index in [2.05, 4.69) is 5.32 Å². The second kappa shape index (κ2) is 2.98. The van der Waals surface area contributed by atoms with E-state index in [4.69, 9.17) is 4.42 Å². The molecule has 0 bridgehead atoms. The Morgan fingerprint density at radius 1 is 0.944 bits per heavy atom. The fraction of sp³-hybridized carbons (Fsp3) is 0. The van der Waals surface area contributed by atoms with Crippen molar-refractivity contribution in [2.45, 2.75) is 0 Å². The lowest BCUT2D eigenvalue weighted by molar-refractivity contribution is -0.112. The number of amides is 1. The zero-order valence-corrected chi connectivity index (χ0v) is 9.19. The topological polar surface area (TPSA) is 59.3 Å². The first-order valence-corrected chi connectivity index (χ1v) is 5.55. The minimum atomic E-state index is -0.581. The van der Waals surface area contributed by atoms with Crippen LogP contribution >= 0.6 is 0 Å². The van der Waals surface area contributed by atoms with E-state index in [1.807, 2.05) is 24.3 Å². The number of carbonyl (C=O) groups is 2. The van der Waals surface area contributed by atoms with E-state index in [1.165, 1.54) is 0 Å². The molecule has 0 saturated heterocycles. The minimum Gasteiger partial charge on any atom is -0.456 e. The maximum absolute atomic E-state index is 11.7. The molecule has 0 atom stereocenters. The van der Waals surface area contributed by atoms with Gasteiger partial charge in [-0.15, -0.1) is 0 Å². The molecule has 2 heterocycles. The average Bonchev–Trinajstić information content (AvgIpc) is 2.88. The lowest BCUT2D eigenvalue weighted by Crippen LogP contribution is -2.12. The van der Waals surface area contributed by atoms with Crippen molar-refractivity contribution in [2.75, 3.05) is 5.32 Å². The van der Waals surface area contributed by atoms with Gasteiger partial charge in [0, 0.05) is 5.39 Å². The average molecular weight is 237 g/mol. The molecule has 0 saturated carbocycles. The highest BCUT2D eigenvalue weighted by Gasteiger charge is 2.30. The normalized spacial score (nSPS) is 14.2. The van der Waals surface area contributed by atoms with Crippen LogP contribution in [0.15, 0.2) is 40.8 Å². The number of carbonyl (C=O) groups excluding carboxylic acids is 2. The van der Waals surface area contributed by atoms with E-state index >= 15 is 0 Å². The van der Waals surface area contributed by atoms with Gasteiger partial charge in [0.05, 0.1) is 16.6 Å². The Morgan fingerprint density at radius 3 is 2.67 bits per heavy atom. The third-order valence-corrected chi connectivity index (χ3v) is 3.23. The molecular weight excluding hydrogens is 230 g/mol. The summed E-state index contributed by atoms with van der Waals surface area (Å²) in [4.78, 5) is 23.1. The van der Waals surface area contributed by atoms with E-state index in [9.17, 15) is 9.59 Å². The number of hydrogen-bond acceptors (Lipinski definition) is 3. The van der Waals surface area contributed by atoms with Crippen LogP contribution in [0.25, 0.3) is 21.9 Å². The number of anilines is 1. The van der Waals surface area contributed by atoms with Crippen LogP contribution < -0.4 is 5.32 Å². The van der Waals surface area contributed by atoms with Crippen molar-refractivity contribution in [2.24, 2.45) is 0 Å². The minimum absolute atomic E-state index is 0.416. The molecule has 1 N–H and O–H groups in total. The Bertz CT molecular complexity index is 845. The quantitative estimate of drug-likeness (QED) is 0.611. The second-order valence-electron chi connectivity index (χ2n) is 4.24. The van der Waals surface area contributed by atoms with Crippen molar-refractivity contribution in [3.63, 3.8) is 0 Å². The zero-order chi connectivity index (χ0) is 12.3. The van der Waals surface area contributed by atoms with Crippen LogP contribution in [0, 0.1) is 0 Å². The molecule has 18 heavy (non-hydrogen) atoms. The van der Waals surface area contributed by atoms with Gasteiger partial charge in [-0.25, -0.2) is 0 Å². The van der Waals surface area contributed by atoms with Crippen LogP contribution in [0.4, 0.5) is 5.69 Å². The van der Waals surface area contributed by atoms with Crippen molar-refractivity contribution in [1.82, 2.24) is 0 Å². The van der Waals surface area contributed by atoms with Gasteiger partial charge in [-0.05, 0) is 18.2 Å². The Balaban J connectivity index is 2.24. The molecular formula is C14H7NO3. The molecule has 0 radical (unpaired) electrons. The third kappa shape index (κ3) is 0.996. The summed E-state index contributed by atoms with van der Waals surface area (Å²) >= 11 is 0. The van der Waals surface area contributed by atoms with Crippen molar-refractivity contribution in [3.8, 4) is 0 Å². The lowest BCUT2D eigenvalue weighted by Gasteiger charge is -1.98. The molecule has 86 valence electrons. The Kier molecular flexibility index (Phi) is 1.56. The molecule has 1 aromatic heterocycles. The standard InChI is InChI=1S/C14H7NO3/c16-13-8-5-6-10-11(12(8)15-14(13)17)7-3-1-2-4-9(7)18-10/h1-6H,(H,15,16,17). The molecule has 4 nitrogen and oxygen atoms in total. The highest BCUT2D eigenvalue weighted by molar-refractivity contribution is 6.53. The number of Topliss-reactive ketones (excluding diaryl/α,β-unsaturated/α-hetero) is 1. The predicted octanol–water partition coefficient (Wildman–Crippen LogP) is 2.72. The van der Waals surface area contributed by atoms with Crippen LogP contribution in [0.3, 0.4) is 0 Å². The van der Waals surface area contributed by atoms with E-state index in [-0.39, 0.29) is 0 Å². The number of benzene rings is 2. The molecule has 3 aromatic rings. The largest absolute Gasteiger partial charge is 0.456 e. The first-order chi connectivity index (χ1) is 8.75. The molecule has 2 aromatic carbocycles. The number of nitrogens with one attached hydrogen (secondary N) is 1. The summed E-state index contributed by atoms with van der Waals surface area (Å²) in [6.45, 7) is 0. The first-order valence-electron chi connectivity index (χ1n) is 5.55. The molecule has 4 heteroatoms. The molecule has 4 rings (SSSR count). The van der Waals surface area contributed by atoms with E-state index in [0.29, 0.717) is 16.8 Å². The highest BCUT2D eigenvalue weighted by Crippen LogP contribution is 2.38. The Labute approximate surface area is 101 Å². The monoisotopic (exact) mass is 237 g/mol. The highest BCUT2D eigenvalue weighted by atomic mass is 16.3. The van der Waals surface area contributed by atoms with Gasteiger partial charge in [0.1, 0.15) is 11.2 Å². The SMILES string of the molecule is O=C1Nc2c(ccc3oc4ccccc4c23)C1=O. The smallest absolute Gasteiger partial charge is 0.296 e. The molecule has 1 amide bonds. The molecule has 0 aliphatic carbocycles. The van der Waals surface area contributed by atoms with Crippen molar-refractivity contribution in [1.29, 1.82) is 0 Å². The third-order valence-electron chi connectivity index (χ3n) is 3.23. The van der Waals surface area contributed by atoms with E-state index in [0.717, 1.165) is 16.4 Å². The number of furan rings is 1. The van der Waals surface area contributed by atoms with Gasteiger partial charge < -0.3 is 9.73 Å². The Hall–Kier alpha value is -2.62. The fourth-order valence-corrected chi connectivity index (χ4v) is 2.43. The number of para-hydroxylation sites is 1. The Morgan fingerprint density at radius 2 is 1.78 bits per heavy atom. The number of fused-ring (bicyclic) bond motifs is 5. The van der Waals surface area contributed by atoms with Gasteiger partial charge >= 0.3 is 0 Å². The lowest BCUT2D eigenvalue weighted by atomic mass is 10.1. The molecule has 0 fully saturated rings. The van der Waals surface area contributed by atoms with E-state index in [1.54, 1.807) is 12.1 Å². The zero-order valence-electron chi connectivity index (χ0n) is 9.19. The van der Waals surface area contributed by atoms with Crippen molar-refractivity contribution >= 4 is 39.3 Å². The summed E-state index contributed by atoms with van der Waals surface area (Å²) in [6.07, 6.45) is 0. The molecule has 1 aliphatic rings. The summed E-state index contributed by atoms with van der Waals surface area (Å²) in [5, 5.41) is 4.32. The maximum atomic E-state index is 11.7. The van der Waals surface area contributed by atoms with Crippen LogP contribution in [0.2, 0.25) is 0 Å². The van der Waals surface area contributed by atoms with Crippen LogP contribution in [0.5, 0.6) is 0 Å². The second-order valence-corrected chi connectivity index (χ2v) is 4.24. The predicted molar refractivity (Wildman–Crippen MR) is 66.7 cm³/mol. The maximum Gasteiger partial charge on any atom is 0.296 e. The van der Waals surface area contributed by atoms with Crippen LogP contribution in [-0.4, -0.2) is 11.7 Å². The summed E-state index contributed by atoms with van der Waals surface area (Å²) in [7, 11) is 0. The van der Waals surface area contributed by atoms with Gasteiger partial charge in [0.25, 0.3) is 11.7 Å². The van der Waals surface area contributed by atoms with Gasteiger partial charge in [-0.3, -0.25) is 9.59 Å². The summed E-state index contributed by atoms with van der Waals surface area (Å²) in [6, 6.07) is 10.9. The number of hydrogen-bond donors (Lipinski definition) is 1. The molecule has 1 aliphatic heterocycles. The van der Waals surface area contributed by atoms with Crippen molar-refractivity contribution < 1.29 is 14.0 Å². The van der Waals surface area contributed by atoms with Gasteiger partial charge in [0.15, 0.2) is 0 Å². The fourth-order valence-electron chi connectivity index (χ4n) is 2.43. The van der Waals surface area contributed by atoms with Crippen molar-refractivity contribution in [3.05, 3.63) is 42.0 Å². The number of rotatable bonds is 0. The number of ketones is 1. The molecule has 0 spiro atoms. The summed E-state index contributed by atoms with van der Waals surface area (Å²) < 4.78 is 5.69. The van der Waals surface area contributed by atoms with Crippen LogP contribution in [0.1, 0.15) is 10.4 Å².